The number of amides is 1. The number of carbonyl (C=O) groups is 1. The lowest BCUT2D eigenvalue weighted by molar-refractivity contribution is -0.121. The van der Waals surface area contributed by atoms with Gasteiger partial charge < -0.3 is 15.0 Å². The maximum atomic E-state index is 15.5. The van der Waals surface area contributed by atoms with Crippen molar-refractivity contribution in [2.45, 2.75) is 75.9 Å². The van der Waals surface area contributed by atoms with Crippen molar-refractivity contribution in [3.63, 3.8) is 0 Å². The first-order valence-corrected chi connectivity index (χ1v) is 12.9. The van der Waals surface area contributed by atoms with Crippen LogP contribution in [0, 0.1) is 0 Å². The van der Waals surface area contributed by atoms with Gasteiger partial charge in [0.2, 0.25) is 5.91 Å². The number of nitrogens with one attached hydrogen (secondary N) is 1. The molecule has 8 nitrogen and oxygen atoms in total. The monoisotopic (exact) mass is 514 g/mol. The third-order valence-electron chi connectivity index (χ3n) is 6.64. The highest BCUT2D eigenvalue weighted by atomic mass is 32.1. The van der Waals surface area contributed by atoms with E-state index in [1.54, 1.807) is 13.2 Å². The molecule has 0 aromatic carbocycles. The summed E-state index contributed by atoms with van der Waals surface area (Å²) in [5.74, 6) is -2.99. The number of halogens is 3. The molecule has 0 bridgehead atoms. The minimum Gasteiger partial charge on any atom is -0.464 e. The van der Waals surface area contributed by atoms with Crippen molar-refractivity contribution >= 4 is 17.2 Å². The van der Waals surface area contributed by atoms with Gasteiger partial charge in [-0.1, -0.05) is 11.3 Å². The molecule has 194 valence electrons. The number of carbonyl (C=O) groups excluding carboxylic acids is 1. The number of ether oxygens (including phenoxy) is 1. The van der Waals surface area contributed by atoms with Crippen LogP contribution in [0.3, 0.4) is 0 Å². The van der Waals surface area contributed by atoms with Gasteiger partial charge in [0.15, 0.2) is 6.61 Å². The first-order chi connectivity index (χ1) is 16.6. The van der Waals surface area contributed by atoms with E-state index >= 15 is 4.39 Å². The molecule has 0 atom stereocenters. The van der Waals surface area contributed by atoms with Crippen molar-refractivity contribution in [2.24, 2.45) is 7.05 Å². The van der Waals surface area contributed by atoms with Crippen LogP contribution in [0.4, 0.5) is 13.2 Å². The van der Waals surface area contributed by atoms with E-state index in [9.17, 15) is 13.6 Å². The van der Waals surface area contributed by atoms with Gasteiger partial charge in [-0.15, -0.1) is 0 Å². The number of fused-ring (bicyclic) bond motifs is 1. The van der Waals surface area contributed by atoms with E-state index in [0.717, 1.165) is 37.0 Å². The van der Waals surface area contributed by atoms with Gasteiger partial charge in [0.25, 0.3) is 11.1 Å². The highest BCUT2D eigenvalue weighted by Crippen LogP contribution is 2.35. The first-order valence-electron chi connectivity index (χ1n) is 12.1. The summed E-state index contributed by atoms with van der Waals surface area (Å²) in [6.07, 6.45) is 5.82. The van der Waals surface area contributed by atoms with Crippen molar-refractivity contribution in [2.75, 3.05) is 26.2 Å². The average molecular weight is 515 g/mol. The van der Waals surface area contributed by atoms with Gasteiger partial charge in [-0.25, -0.2) is 18.2 Å². The summed E-state index contributed by atoms with van der Waals surface area (Å²) in [5, 5.41) is 11.4. The Morgan fingerprint density at radius 3 is 2.74 bits per heavy atom. The number of aromatic nitrogens is 4. The molecule has 1 aliphatic heterocycles. The summed E-state index contributed by atoms with van der Waals surface area (Å²) in [5.41, 5.74) is 0.307. The second-order valence-electron chi connectivity index (χ2n) is 9.79. The lowest BCUT2D eigenvalue weighted by atomic mass is 9.81. The number of alkyl halides is 3. The zero-order valence-corrected chi connectivity index (χ0v) is 21.1. The van der Waals surface area contributed by atoms with E-state index in [0.29, 0.717) is 56.0 Å². The Hall–Kier alpha value is -2.21. The third-order valence-corrected chi connectivity index (χ3v) is 7.71. The van der Waals surface area contributed by atoms with Crippen LogP contribution in [0.25, 0.3) is 0 Å². The van der Waals surface area contributed by atoms with Crippen LogP contribution in [0.15, 0.2) is 6.20 Å². The van der Waals surface area contributed by atoms with Crippen molar-refractivity contribution in [3.05, 3.63) is 22.5 Å². The summed E-state index contributed by atoms with van der Waals surface area (Å²) < 4.78 is 46.7. The molecular formula is C23H33F3N6O2S. The Morgan fingerprint density at radius 2 is 2.06 bits per heavy atom. The lowest BCUT2D eigenvalue weighted by Crippen LogP contribution is -2.43. The minimum atomic E-state index is -2.88. The summed E-state index contributed by atoms with van der Waals surface area (Å²) in [4.78, 5) is 21.4. The van der Waals surface area contributed by atoms with E-state index in [2.05, 4.69) is 25.4 Å². The van der Waals surface area contributed by atoms with E-state index in [-0.39, 0.29) is 18.4 Å². The molecule has 2 aromatic heterocycles. The maximum Gasteiger partial charge on any atom is 0.278 e. The van der Waals surface area contributed by atoms with Crippen LogP contribution < -0.4 is 10.1 Å². The quantitative estimate of drug-likeness (QED) is 0.554. The molecule has 1 N–H and O–H groups in total. The lowest BCUT2D eigenvalue weighted by Gasteiger charge is -2.35. The second kappa shape index (κ2) is 10.8. The normalized spacial score (nSPS) is 23.5. The second-order valence-corrected chi connectivity index (χ2v) is 10.8. The SMILES string of the molecule is Cn1ncc(CC(=O)N[C@H]2CC[C@](F)(CCN3CCc4nc(OCC(C)(F)F)sc4CC3)CC2)n1. The average Bonchev–Trinajstić information content (AvgIpc) is 3.33. The number of rotatable bonds is 9. The minimum absolute atomic E-state index is 0.00707. The summed E-state index contributed by atoms with van der Waals surface area (Å²) in [6.45, 7) is 2.37. The van der Waals surface area contributed by atoms with Crippen molar-refractivity contribution in [1.82, 2.24) is 30.2 Å². The van der Waals surface area contributed by atoms with Crippen LogP contribution >= 0.6 is 11.3 Å². The van der Waals surface area contributed by atoms with Crippen molar-refractivity contribution in [3.8, 4) is 5.19 Å². The standard InChI is InChI=1S/C23H33F3N6O2S/c1-22(24,25)15-34-21-29-18-5-10-32(11-6-19(18)35-21)12-9-23(26)7-3-16(4-8-23)28-20(33)13-17-14-27-31(2)30-17/h14,16H,3-13,15H2,1-2H3,(H,28,33)/t16-,23+. The van der Waals surface area contributed by atoms with E-state index in [1.807, 2.05) is 0 Å². The van der Waals surface area contributed by atoms with E-state index < -0.39 is 18.2 Å². The molecule has 1 saturated carbocycles. The van der Waals surface area contributed by atoms with Crippen LogP contribution in [0.2, 0.25) is 0 Å². The highest BCUT2D eigenvalue weighted by Gasteiger charge is 2.36. The largest absolute Gasteiger partial charge is 0.464 e. The number of thiazole rings is 1. The molecule has 1 fully saturated rings. The van der Waals surface area contributed by atoms with Crippen LogP contribution in [-0.4, -0.2) is 74.7 Å². The smallest absolute Gasteiger partial charge is 0.278 e. The topological polar surface area (TPSA) is 85.2 Å². The van der Waals surface area contributed by atoms with Gasteiger partial charge in [0, 0.05) is 50.9 Å². The van der Waals surface area contributed by atoms with E-state index in [1.165, 1.54) is 16.1 Å². The Labute approximate surface area is 207 Å². The summed E-state index contributed by atoms with van der Waals surface area (Å²) >= 11 is 1.33. The van der Waals surface area contributed by atoms with Gasteiger partial charge >= 0.3 is 0 Å². The molecule has 4 rings (SSSR count). The molecule has 2 aromatic rings. The number of hydrogen-bond acceptors (Lipinski definition) is 7. The number of aryl methyl sites for hydroxylation is 1. The Morgan fingerprint density at radius 1 is 1.31 bits per heavy atom. The van der Waals surface area contributed by atoms with Gasteiger partial charge in [-0.2, -0.15) is 15.0 Å². The van der Waals surface area contributed by atoms with Crippen LogP contribution in [0.5, 0.6) is 5.19 Å². The predicted molar refractivity (Wildman–Crippen MR) is 126 cm³/mol. The molecule has 1 aliphatic carbocycles. The maximum absolute atomic E-state index is 15.5. The van der Waals surface area contributed by atoms with Crippen LogP contribution in [0.1, 0.15) is 55.3 Å². The molecule has 2 aliphatic rings. The van der Waals surface area contributed by atoms with Gasteiger partial charge in [0.1, 0.15) is 5.67 Å². The summed E-state index contributed by atoms with van der Waals surface area (Å²) in [6, 6.07) is -0.00707. The van der Waals surface area contributed by atoms with E-state index in [4.69, 9.17) is 4.74 Å². The summed E-state index contributed by atoms with van der Waals surface area (Å²) in [7, 11) is 1.70. The van der Waals surface area contributed by atoms with Gasteiger partial charge in [0.05, 0.1) is 24.0 Å². The molecule has 0 radical (unpaired) electrons. The molecule has 0 spiro atoms. The number of hydrogen-bond donors (Lipinski definition) is 1. The molecule has 1 amide bonds. The van der Waals surface area contributed by atoms with Crippen LogP contribution in [-0.2, 0) is 31.1 Å². The molecule has 0 unspecified atom stereocenters. The number of nitrogens with zero attached hydrogens (tertiary/aromatic N) is 5. The van der Waals surface area contributed by atoms with Crippen molar-refractivity contribution in [1.29, 1.82) is 0 Å². The molecule has 12 heteroatoms. The molecule has 35 heavy (non-hydrogen) atoms. The highest BCUT2D eigenvalue weighted by molar-refractivity contribution is 7.13. The first kappa shape index (κ1) is 25.9. The molecule has 0 saturated heterocycles. The fourth-order valence-electron chi connectivity index (χ4n) is 4.66. The predicted octanol–water partition coefficient (Wildman–Crippen LogP) is 3.11. The Bertz CT molecular complexity index is 974. The zero-order valence-electron chi connectivity index (χ0n) is 20.2. The Kier molecular flexibility index (Phi) is 7.99. The fraction of sp³-hybridized carbons (Fsp3) is 0.739. The third kappa shape index (κ3) is 7.63. The van der Waals surface area contributed by atoms with Crippen molar-refractivity contribution < 1.29 is 22.7 Å². The molecule has 3 heterocycles. The fourth-order valence-corrected chi connectivity index (χ4v) is 5.60. The Balaban J connectivity index is 1.17. The van der Waals surface area contributed by atoms with Gasteiger partial charge in [-0.3, -0.25) is 4.79 Å². The zero-order chi connectivity index (χ0) is 25.1. The van der Waals surface area contributed by atoms with Gasteiger partial charge in [-0.05, 0) is 38.5 Å². The molecular weight excluding hydrogens is 481 g/mol.